The molecule has 3 nitrogen and oxygen atoms in total. The highest BCUT2D eigenvalue weighted by atomic mass is 19.1. The minimum absolute atomic E-state index is 0.258. The Kier molecular flexibility index (Phi) is 1.70. The number of halogens is 1. The Morgan fingerprint density at radius 1 is 1.54 bits per heavy atom. The van der Waals surface area contributed by atoms with Crippen molar-refractivity contribution < 1.29 is 4.39 Å². The first-order valence-electron chi connectivity index (χ1n) is 3.94. The number of anilines is 2. The van der Waals surface area contributed by atoms with Crippen molar-refractivity contribution in [3.8, 4) is 0 Å². The summed E-state index contributed by atoms with van der Waals surface area (Å²) in [7, 11) is 1.81. The van der Waals surface area contributed by atoms with Crippen LogP contribution < -0.4 is 16.0 Å². The Bertz CT molecular complexity index is 362. The van der Waals surface area contributed by atoms with E-state index in [1.165, 1.54) is 12.1 Å². The Morgan fingerprint density at radius 2 is 2.31 bits per heavy atom. The normalized spacial score (nSPS) is 13.8. The Labute approximate surface area is 75.8 Å². The van der Waals surface area contributed by atoms with E-state index >= 15 is 0 Å². The zero-order valence-corrected chi connectivity index (χ0v) is 7.26. The Balaban J connectivity index is 2.56. The number of nitrogens with one attached hydrogen (secondary N) is 2. The zero-order chi connectivity index (χ0) is 9.42. The molecule has 2 N–H and O–H groups in total. The average Bonchev–Trinajstić information content (AvgIpc) is 2.47. The van der Waals surface area contributed by atoms with Crippen molar-refractivity contribution in [2.24, 2.45) is 0 Å². The molecular formula is C9H10FN3. The quantitative estimate of drug-likeness (QED) is 0.687. The first kappa shape index (κ1) is 8.07. The number of hydrogen-bond acceptors (Lipinski definition) is 3. The minimum Gasteiger partial charge on any atom is -0.302 e. The van der Waals surface area contributed by atoms with Gasteiger partial charge in [-0.3, -0.25) is 5.01 Å². The van der Waals surface area contributed by atoms with E-state index in [2.05, 4.69) is 17.5 Å². The molecule has 0 amide bonds. The van der Waals surface area contributed by atoms with Crippen molar-refractivity contribution in [1.29, 1.82) is 0 Å². The van der Waals surface area contributed by atoms with Crippen LogP contribution in [0.2, 0.25) is 0 Å². The molecule has 68 valence electrons. The van der Waals surface area contributed by atoms with Crippen LogP contribution in [0, 0.1) is 5.82 Å². The summed E-state index contributed by atoms with van der Waals surface area (Å²) in [5, 5.41) is 1.71. The molecule has 0 saturated heterocycles. The van der Waals surface area contributed by atoms with Crippen molar-refractivity contribution in [1.82, 2.24) is 5.53 Å². The molecule has 1 aromatic carbocycles. The van der Waals surface area contributed by atoms with Crippen LogP contribution in [0.4, 0.5) is 15.8 Å². The van der Waals surface area contributed by atoms with E-state index < -0.39 is 0 Å². The standard InChI is InChI=1S/C9H10FN3/c1-3-6-4-8-9(5-7(6)10)13(2)12-11-8/h3-5,11-12H,1H2,2H3. The molecule has 0 bridgehead atoms. The molecule has 1 aliphatic heterocycles. The first-order chi connectivity index (χ1) is 6.22. The average molecular weight is 179 g/mol. The van der Waals surface area contributed by atoms with Crippen LogP contribution in [0.1, 0.15) is 5.56 Å². The van der Waals surface area contributed by atoms with E-state index in [-0.39, 0.29) is 5.82 Å². The molecule has 1 heterocycles. The lowest BCUT2D eigenvalue weighted by Crippen LogP contribution is -2.31. The van der Waals surface area contributed by atoms with E-state index in [0.29, 0.717) is 5.56 Å². The zero-order valence-electron chi connectivity index (χ0n) is 7.26. The monoisotopic (exact) mass is 179 g/mol. The van der Waals surface area contributed by atoms with E-state index in [4.69, 9.17) is 0 Å². The topological polar surface area (TPSA) is 27.3 Å². The fraction of sp³-hybridized carbons (Fsp3) is 0.111. The third kappa shape index (κ3) is 1.15. The van der Waals surface area contributed by atoms with Crippen LogP contribution in [0.15, 0.2) is 18.7 Å². The van der Waals surface area contributed by atoms with E-state index in [9.17, 15) is 4.39 Å². The van der Waals surface area contributed by atoms with Gasteiger partial charge in [0.2, 0.25) is 0 Å². The third-order valence-corrected chi connectivity index (χ3v) is 2.05. The highest BCUT2D eigenvalue weighted by Gasteiger charge is 2.16. The summed E-state index contributed by atoms with van der Waals surface area (Å²) in [6.07, 6.45) is 1.50. The molecule has 0 fully saturated rings. The van der Waals surface area contributed by atoms with Gasteiger partial charge in [-0.2, -0.15) is 0 Å². The van der Waals surface area contributed by atoms with Crippen molar-refractivity contribution in [2.45, 2.75) is 0 Å². The number of hydrazine groups is 2. The number of fused-ring (bicyclic) bond motifs is 1. The van der Waals surface area contributed by atoms with Gasteiger partial charge in [0.15, 0.2) is 0 Å². The molecule has 0 aliphatic carbocycles. The number of benzene rings is 1. The van der Waals surface area contributed by atoms with Gasteiger partial charge in [0.05, 0.1) is 11.4 Å². The van der Waals surface area contributed by atoms with Crippen molar-refractivity contribution in [2.75, 3.05) is 17.5 Å². The molecule has 4 heteroatoms. The second-order valence-electron chi connectivity index (χ2n) is 2.89. The van der Waals surface area contributed by atoms with Gasteiger partial charge < -0.3 is 5.43 Å². The maximum absolute atomic E-state index is 13.3. The number of rotatable bonds is 1. The fourth-order valence-electron chi connectivity index (χ4n) is 1.32. The van der Waals surface area contributed by atoms with Gasteiger partial charge in [-0.1, -0.05) is 12.7 Å². The summed E-state index contributed by atoms with van der Waals surface area (Å²) >= 11 is 0. The molecule has 1 aromatic rings. The molecule has 0 saturated carbocycles. The summed E-state index contributed by atoms with van der Waals surface area (Å²) in [4.78, 5) is 0. The van der Waals surface area contributed by atoms with Crippen LogP contribution >= 0.6 is 0 Å². The van der Waals surface area contributed by atoms with Gasteiger partial charge in [-0.05, 0) is 6.07 Å². The number of hydrogen-bond donors (Lipinski definition) is 2. The molecule has 0 radical (unpaired) electrons. The molecule has 13 heavy (non-hydrogen) atoms. The summed E-state index contributed by atoms with van der Waals surface area (Å²) in [5.41, 5.74) is 7.92. The van der Waals surface area contributed by atoms with Crippen LogP contribution in [-0.2, 0) is 0 Å². The molecule has 0 aromatic heterocycles. The lowest BCUT2D eigenvalue weighted by Gasteiger charge is -2.09. The van der Waals surface area contributed by atoms with Crippen LogP contribution in [0.25, 0.3) is 6.08 Å². The Hall–Kier alpha value is -1.55. The van der Waals surface area contributed by atoms with Crippen LogP contribution in [0.3, 0.4) is 0 Å². The van der Waals surface area contributed by atoms with Crippen LogP contribution in [0.5, 0.6) is 0 Å². The van der Waals surface area contributed by atoms with Gasteiger partial charge in [-0.15, -0.1) is 5.53 Å². The summed E-state index contributed by atoms with van der Waals surface area (Å²) in [6.45, 7) is 3.53. The van der Waals surface area contributed by atoms with E-state index in [1.807, 2.05) is 7.05 Å². The van der Waals surface area contributed by atoms with Gasteiger partial charge in [0.1, 0.15) is 5.82 Å². The summed E-state index contributed by atoms with van der Waals surface area (Å²) in [5.74, 6) is -0.258. The molecule has 0 atom stereocenters. The molecular weight excluding hydrogens is 169 g/mol. The predicted molar refractivity (Wildman–Crippen MR) is 51.7 cm³/mol. The smallest absolute Gasteiger partial charge is 0.132 e. The second kappa shape index (κ2) is 2.74. The largest absolute Gasteiger partial charge is 0.302 e. The molecule has 0 unspecified atom stereocenters. The summed E-state index contributed by atoms with van der Waals surface area (Å²) in [6, 6.07) is 3.19. The first-order valence-corrected chi connectivity index (χ1v) is 3.94. The maximum atomic E-state index is 13.3. The number of nitrogens with zero attached hydrogens (tertiary/aromatic N) is 1. The fourth-order valence-corrected chi connectivity index (χ4v) is 1.32. The van der Waals surface area contributed by atoms with Gasteiger partial charge in [0, 0.05) is 18.7 Å². The highest BCUT2D eigenvalue weighted by Crippen LogP contribution is 2.30. The second-order valence-corrected chi connectivity index (χ2v) is 2.89. The molecule has 1 aliphatic rings. The SMILES string of the molecule is C=Cc1cc2c(cc1F)N(C)NN2. The van der Waals surface area contributed by atoms with Gasteiger partial charge in [-0.25, -0.2) is 4.39 Å². The third-order valence-electron chi connectivity index (χ3n) is 2.05. The molecule has 2 rings (SSSR count). The highest BCUT2D eigenvalue weighted by molar-refractivity contribution is 5.76. The van der Waals surface area contributed by atoms with E-state index in [1.54, 1.807) is 11.1 Å². The summed E-state index contributed by atoms with van der Waals surface area (Å²) < 4.78 is 13.3. The predicted octanol–water partition coefficient (Wildman–Crippen LogP) is 1.75. The van der Waals surface area contributed by atoms with E-state index in [0.717, 1.165) is 11.4 Å². The Morgan fingerprint density at radius 3 is 3.00 bits per heavy atom. The minimum atomic E-state index is -0.258. The molecule has 0 spiro atoms. The lowest BCUT2D eigenvalue weighted by atomic mass is 10.1. The van der Waals surface area contributed by atoms with Crippen LogP contribution in [-0.4, -0.2) is 7.05 Å². The maximum Gasteiger partial charge on any atom is 0.132 e. The van der Waals surface area contributed by atoms with Crippen molar-refractivity contribution >= 4 is 17.5 Å². The van der Waals surface area contributed by atoms with Gasteiger partial charge >= 0.3 is 0 Å². The van der Waals surface area contributed by atoms with Crippen molar-refractivity contribution in [3.05, 3.63) is 30.1 Å². The van der Waals surface area contributed by atoms with Crippen molar-refractivity contribution in [3.63, 3.8) is 0 Å². The van der Waals surface area contributed by atoms with Gasteiger partial charge in [0.25, 0.3) is 0 Å². The lowest BCUT2D eigenvalue weighted by molar-refractivity contribution is 0.625.